The molecule has 0 radical (unpaired) electrons. The normalized spacial score (nSPS) is 9.28. The highest BCUT2D eigenvalue weighted by molar-refractivity contribution is 5.73. The first-order valence-corrected chi connectivity index (χ1v) is 5.85. The third-order valence-corrected chi connectivity index (χ3v) is 2.57. The predicted molar refractivity (Wildman–Crippen MR) is 70.9 cm³/mol. The van der Waals surface area contributed by atoms with Gasteiger partial charge in [-0.15, -0.1) is 0 Å². The van der Waals surface area contributed by atoms with Crippen LogP contribution in [0.25, 0.3) is 0 Å². The zero-order valence-electron chi connectivity index (χ0n) is 10.7. The van der Waals surface area contributed by atoms with Gasteiger partial charge in [0.15, 0.2) is 0 Å². The van der Waals surface area contributed by atoms with Gasteiger partial charge in [0.05, 0.1) is 0 Å². The summed E-state index contributed by atoms with van der Waals surface area (Å²) >= 11 is 0. The van der Waals surface area contributed by atoms with E-state index >= 15 is 0 Å². The van der Waals surface area contributed by atoms with Gasteiger partial charge in [0.25, 0.3) is 0 Å². The SMILES string of the molecule is CCN(C)C(=O)NCc1ccccc1C#CCO. The zero-order valence-corrected chi connectivity index (χ0v) is 10.7. The number of aliphatic hydroxyl groups is 1. The standard InChI is InChI=1S/C14H18N2O2/c1-3-16(2)14(18)15-11-13-8-5-4-7-12(13)9-6-10-17/h4-5,7-8,17H,3,10-11H2,1-2H3,(H,15,18). The average Bonchev–Trinajstić information content (AvgIpc) is 2.42. The topological polar surface area (TPSA) is 52.6 Å². The molecule has 0 fully saturated rings. The van der Waals surface area contributed by atoms with E-state index in [9.17, 15) is 4.79 Å². The van der Waals surface area contributed by atoms with Crippen molar-refractivity contribution in [2.45, 2.75) is 13.5 Å². The van der Waals surface area contributed by atoms with E-state index in [1.54, 1.807) is 11.9 Å². The van der Waals surface area contributed by atoms with Gasteiger partial charge in [-0.05, 0) is 18.6 Å². The van der Waals surface area contributed by atoms with Crippen molar-refractivity contribution in [3.8, 4) is 11.8 Å². The molecule has 1 rings (SSSR count). The van der Waals surface area contributed by atoms with Crippen LogP contribution in [0.4, 0.5) is 4.79 Å². The van der Waals surface area contributed by atoms with Crippen LogP contribution < -0.4 is 5.32 Å². The van der Waals surface area contributed by atoms with Crippen molar-refractivity contribution in [3.05, 3.63) is 35.4 Å². The highest BCUT2D eigenvalue weighted by atomic mass is 16.2. The van der Waals surface area contributed by atoms with E-state index < -0.39 is 0 Å². The average molecular weight is 246 g/mol. The molecule has 0 aliphatic heterocycles. The fourth-order valence-corrected chi connectivity index (χ4v) is 1.38. The molecule has 0 unspecified atom stereocenters. The Morgan fingerprint density at radius 2 is 2.17 bits per heavy atom. The van der Waals surface area contributed by atoms with E-state index in [1.807, 2.05) is 31.2 Å². The summed E-state index contributed by atoms with van der Waals surface area (Å²) in [6, 6.07) is 7.45. The van der Waals surface area contributed by atoms with Gasteiger partial charge in [-0.3, -0.25) is 0 Å². The number of hydrogen-bond donors (Lipinski definition) is 2. The lowest BCUT2D eigenvalue weighted by Crippen LogP contribution is -2.36. The quantitative estimate of drug-likeness (QED) is 0.787. The number of rotatable bonds is 3. The number of amides is 2. The Balaban J connectivity index is 2.70. The molecule has 2 N–H and O–H groups in total. The molecule has 0 atom stereocenters. The lowest BCUT2D eigenvalue weighted by molar-refractivity contribution is 0.210. The molecular weight excluding hydrogens is 228 g/mol. The second kappa shape index (κ2) is 7.36. The first-order valence-electron chi connectivity index (χ1n) is 5.85. The van der Waals surface area contributed by atoms with Crippen LogP contribution in [-0.2, 0) is 6.54 Å². The van der Waals surface area contributed by atoms with Gasteiger partial charge in [0.1, 0.15) is 6.61 Å². The molecule has 0 saturated carbocycles. The van der Waals surface area contributed by atoms with Crippen LogP contribution in [-0.4, -0.2) is 36.2 Å². The van der Waals surface area contributed by atoms with Crippen LogP contribution in [0.15, 0.2) is 24.3 Å². The molecule has 2 amide bonds. The minimum absolute atomic E-state index is 0.109. The zero-order chi connectivity index (χ0) is 13.4. The number of carbonyl (C=O) groups is 1. The minimum atomic E-state index is -0.167. The number of nitrogens with zero attached hydrogens (tertiary/aromatic N) is 1. The third kappa shape index (κ3) is 4.11. The molecule has 0 bridgehead atoms. The molecule has 96 valence electrons. The Morgan fingerprint density at radius 1 is 1.44 bits per heavy atom. The maximum Gasteiger partial charge on any atom is 0.317 e. The fourth-order valence-electron chi connectivity index (χ4n) is 1.38. The number of nitrogens with one attached hydrogen (secondary N) is 1. The molecule has 0 aromatic heterocycles. The summed E-state index contributed by atoms with van der Waals surface area (Å²) in [7, 11) is 1.74. The monoisotopic (exact) mass is 246 g/mol. The fraction of sp³-hybridized carbons (Fsp3) is 0.357. The number of carbonyl (C=O) groups excluding carboxylic acids is 1. The van der Waals surface area contributed by atoms with E-state index in [-0.39, 0.29) is 12.6 Å². The number of hydrogen-bond acceptors (Lipinski definition) is 2. The maximum atomic E-state index is 11.6. The van der Waals surface area contributed by atoms with Crippen molar-refractivity contribution in [2.24, 2.45) is 0 Å². The first-order chi connectivity index (χ1) is 8.69. The summed E-state index contributed by atoms with van der Waals surface area (Å²) in [5.41, 5.74) is 1.77. The van der Waals surface area contributed by atoms with Gasteiger partial charge >= 0.3 is 6.03 Å². The lowest BCUT2D eigenvalue weighted by Gasteiger charge is -2.15. The Bertz CT molecular complexity index is 460. The van der Waals surface area contributed by atoms with E-state index in [0.717, 1.165) is 11.1 Å². The molecule has 0 spiro atoms. The molecule has 0 heterocycles. The van der Waals surface area contributed by atoms with Crippen molar-refractivity contribution in [1.82, 2.24) is 10.2 Å². The highest BCUT2D eigenvalue weighted by Crippen LogP contribution is 2.07. The molecule has 0 aliphatic rings. The van der Waals surface area contributed by atoms with Crippen LogP contribution in [0.3, 0.4) is 0 Å². The molecule has 0 saturated heterocycles. The molecule has 4 nitrogen and oxygen atoms in total. The van der Waals surface area contributed by atoms with Crippen LogP contribution in [0.5, 0.6) is 0 Å². The number of benzene rings is 1. The van der Waals surface area contributed by atoms with E-state index in [0.29, 0.717) is 13.1 Å². The Labute approximate surface area is 108 Å². The van der Waals surface area contributed by atoms with Crippen LogP contribution in [0, 0.1) is 11.8 Å². The van der Waals surface area contributed by atoms with Gasteiger partial charge in [0.2, 0.25) is 0 Å². The summed E-state index contributed by atoms with van der Waals surface area (Å²) in [6.45, 7) is 2.84. The maximum absolute atomic E-state index is 11.6. The van der Waals surface area contributed by atoms with E-state index in [1.165, 1.54) is 0 Å². The number of urea groups is 1. The van der Waals surface area contributed by atoms with Crippen molar-refractivity contribution in [3.63, 3.8) is 0 Å². The third-order valence-electron chi connectivity index (χ3n) is 2.57. The van der Waals surface area contributed by atoms with Crippen LogP contribution >= 0.6 is 0 Å². The van der Waals surface area contributed by atoms with Crippen LogP contribution in [0.2, 0.25) is 0 Å². The molecule has 18 heavy (non-hydrogen) atoms. The number of aliphatic hydroxyl groups excluding tert-OH is 1. The smallest absolute Gasteiger partial charge is 0.317 e. The largest absolute Gasteiger partial charge is 0.384 e. The van der Waals surface area contributed by atoms with Crippen molar-refractivity contribution in [2.75, 3.05) is 20.2 Å². The van der Waals surface area contributed by atoms with Crippen molar-refractivity contribution >= 4 is 6.03 Å². The molecule has 4 heteroatoms. The lowest BCUT2D eigenvalue weighted by atomic mass is 10.1. The summed E-state index contributed by atoms with van der Waals surface area (Å²) in [6.07, 6.45) is 0. The van der Waals surface area contributed by atoms with Gasteiger partial charge in [-0.1, -0.05) is 30.0 Å². The van der Waals surface area contributed by atoms with Crippen molar-refractivity contribution < 1.29 is 9.90 Å². The van der Waals surface area contributed by atoms with Gasteiger partial charge in [-0.25, -0.2) is 4.79 Å². The second-order valence-electron chi connectivity index (χ2n) is 3.79. The highest BCUT2D eigenvalue weighted by Gasteiger charge is 2.06. The minimum Gasteiger partial charge on any atom is -0.384 e. The summed E-state index contributed by atoms with van der Waals surface area (Å²) in [4.78, 5) is 13.2. The van der Waals surface area contributed by atoms with E-state index in [2.05, 4.69) is 17.2 Å². The Morgan fingerprint density at radius 3 is 2.83 bits per heavy atom. The van der Waals surface area contributed by atoms with Crippen LogP contribution in [0.1, 0.15) is 18.1 Å². The first kappa shape index (κ1) is 14.1. The molecule has 0 aliphatic carbocycles. The molecular formula is C14H18N2O2. The Kier molecular flexibility index (Phi) is 5.75. The van der Waals surface area contributed by atoms with Crippen molar-refractivity contribution in [1.29, 1.82) is 0 Å². The Hall–Kier alpha value is -1.99. The van der Waals surface area contributed by atoms with Gasteiger partial charge in [0, 0.05) is 25.7 Å². The van der Waals surface area contributed by atoms with E-state index in [4.69, 9.17) is 5.11 Å². The van der Waals surface area contributed by atoms with Gasteiger partial charge in [-0.2, -0.15) is 0 Å². The van der Waals surface area contributed by atoms with Gasteiger partial charge < -0.3 is 15.3 Å². The molecule has 1 aromatic carbocycles. The summed E-state index contributed by atoms with van der Waals surface area (Å²) in [5, 5.41) is 11.5. The predicted octanol–water partition coefficient (Wildman–Crippen LogP) is 1.19. The summed E-state index contributed by atoms with van der Waals surface area (Å²) < 4.78 is 0. The molecule has 1 aromatic rings. The summed E-state index contributed by atoms with van der Waals surface area (Å²) in [5.74, 6) is 5.47. The second-order valence-corrected chi connectivity index (χ2v) is 3.79.